The molecule has 1 amide bonds. The third-order valence-electron chi connectivity index (χ3n) is 3.26. The van der Waals surface area contributed by atoms with Crippen LogP contribution in [0.4, 0.5) is 0 Å². The maximum Gasteiger partial charge on any atom is 0.254 e. The monoisotopic (exact) mass is 279 g/mol. The average molecular weight is 279 g/mol. The molecular weight excluding hydrogens is 258 g/mol. The molecule has 4 nitrogen and oxygen atoms in total. The van der Waals surface area contributed by atoms with Gasteiger partial charge in [-0.15, -0.1) is 0 Å². The van der Waals surface area contributed by atoms with E-state index in [-0.39, 0.29) is 5.91 Å². The third kappa shape index (κ3) is 5.53. The average Bonchev–Trinajstić information content (AvgIpc) is 2.85. The van der Waals surface area contributed by atoms with Gasteiger partial charge in [0.2, 0.25) is 0 Å². The summed E-state index contributed by atoms with van der Waals surface area (Å²) in [7, 11) is 0. The highest BCUT2D eigenvalue weighted by Crippen LogP contribution is 2.09. The summed E-state index contributed by atoms with van der Waals surface area (Å²) >= 11 is 1.62. The normalized spacial score (nSPS) is 18.1. The largest absolute Gasteiger partial charge is 0.294 e. The van der Waals surface area contributed by atoms with Crippen LogP contribution in [0, 0.1) is 0 Å². The first-order valence-corrected chi connectivity index (χ1v) is 7.85. The predicted molar refractivity (Wildman–Crippen MR) is 79.6 cm³/mol. The Kier molecular flexibility index (Phi) is 6.04. The zero-order chi connectivity index (χ0) is 13.3. The van der Waals surface area contributed by atoms with Gasteiger partial charge in [0.05, 0.1) is 12.8 Å². The molecule has 1 saturated heterocycles. The molecule has 0 radical (unpaired) electrons. The lowest BCUT2D eigenvalue weighted by Gasteiger charge is -2.23. The van der Waals surface area contributed by atoms with E-state index in [1.165, 1.54) is 32.1 Å². The lowest BCUT2D eigenvalue weighted by Crippen LogP contribution is -2.37. The molecule has 2 heterocycles. The minimum absolute atomic E-state index is 0.0212. The van der Waals surface area contributed by atoms with E-state index in [0.717, 1.165) is 18.7 Å². The molecule has 1 aliphatic heterocycles. The molecule has 0 saturated carbocycles. The summed E-state index contributed by atoms with van der Waals surface area (Å²) in [4.78, 5) is 14.0. The van der Waals surface area contributed by atoms with Crippen LogP contribution in [0.25, 0.3) is 0 Å². The van der Waals surface area contributed by atoms with E-state index < -0.39 is 0 Å². The maximum absolute atomic E-state index is 11.8. The second-order valence-electron chi connectivity index (χ2n) is 4.89. The molecule has 0 aliphatic carbocycles. The number of nitrogens with one attached hydrogen (secondary N) is 1. The second kappa shape index (κ2) is 8.07. The summed E-state index contributed by atoms with van der Waals surface area (Å²) in [6, 6.07) is 1.97. The number of hydrogen-bond acceptors (Lipinski definition) is 4. The fraction of sp³-hybridized carbons (Fsp3) is 0.571. The number of carbonyl (C=O) groups is 1. The van der Waals surface area contributed by atoms with Crippen LogP contribution in [0.5, 0.6) is 0 Å². The topological polar surface area (TPSA) is 44.7 Å². The van der Waals surface area contributed by atoms with Crippen molar-refractivity contribution in [2.45, 2.75) is 32.1 Å². The lowest BCUT2D eigenvalue weighted by molar-refractivity contribution is -0.122. The van der Waals surface area contributed by atoms with Gasteiger partial charge in [-0.25, -0.2) is 5.43 Å². The molecule has 5 heteroatoms. The number of nitrogens with zero attached hydrogens (tertiary/aromatic N) is 2. The summed E-state index contributed by atoms with van der Waals surface area (Å²) < 4.78 is 0. The Bertz CT molecular complexity index is 395. The fourth-order valence-electron chi connectivity index (χ4n) is 2.24. The molecule has 19 heavy (non-hydrogen) atoms. The molecule has 0 bridgehead atoms. The smallest absolute Gasteiger partial charge is 0.254 e. The highest BCUT2D eigenvalue weighted by Gasteiger charge is 2.11. The number of rotatable bonds is 4. The highest BCUT2D eigenvalue weighted by molar-refractivity contribution is 7.08. The Balaban J connectivity index is 1.70. The first kappa shape index (κ1) is 14.2. The molecule has 0 aromatic carbocycles. The molecule has 0 unspecified atom stereocenters. The lowest BCUT2D eigenvalue weighted by atomic mass is 10.1. The molecule has 1 aliphatic rings. The number of hydrazone groups is 1. The Morgan fingerprint density at radius 2 is 2.05 bits per heavy atom. The molecule has 0 spiro atoms. The summed E-state index contributed by atoms with van der Waals surface area (Å²) in [5.41, 5.74) is 3.62. The molecular formula is C14H21N3OS. The number of likely N-dealkylation sites (tertiary alicyclic amines) is 1. The van der Waals surface area contributed by atoms with Crippen LogP contribution in [0.1, 0.15) is 37.7 Å². The van der Waals surface area contributed by atoms with Crippen molar-refractivity contribution in [1.29, 1.82) is 0 Å². The Hall–Kier alpha value is -1.20. The van der Waals surface area contributed by atoms with Crippen molar-refractivity contribution in [3.8, 4) is 0 Å². The predicted octanol–water partition coefficient (Wildman–Crippen LogP) is 2.46. The van der Waals surface area contributed by atoms with Gasteiger partial charge in [-0.1, -0.05) is 19.3 Å². The van der Waals surface area contributed by atoms with Crippen LogP contribution in [0.3, 0.4) is 0 Å². The third-order valence-corrected chi connectivity index (χ3v) is 3.96. The maximum atomic E-state index is 11.8. The van der Waals surface area contributed by atoms with Gasteiger partial charge >= 0.3 is 0 Å². The molecule has 1 N–H and O–H groups in total. The van der Waals surface area contributed by atoms with Gasteiger partial charge in [0.1, 0.15) is 0 Å². The van der Waals surface area contributed by atoms with Gasteiger partial charge < -0.3 is 0 Å². The van der Waals surface area contributed by atoms with Crippen molar-refractivity contribution in [2.24, 2.45) is 5.10 Å². The van der Waals surface area contributed by atoms with E-state index in [2.05, 4.69) is 15.4 Å². The molecule has 0 atom stereocenters. The summed E-state index contributed by atoms with van der Waals surface area (Å²) in [5.74, 6) is -0.0212. The molecule has 104 valence electrons. The summed E-state index contributed by atoms with van der Waals surface area (Å²) in [6.45, 7) is 2.52. The van der Waals surface area contributed by atoms with E-state index in [9.17, 15) is 4.79 Å². The fourth-order valence-corrected chi connectivity index (χ4v) is 2.85. The van der Waals surface area contributed by atoms with E-state index in [1.807, 2.05) is 16.8 Å². The number of hydrogen-bond donors (Lipinski definition) is 1. The number of thiophene rings is 1. The van der Waals surface area contributed by atoms with Gasteiger partial charge in [0.15, 0.2) is 0 Å². The van der Waals surface area contributed by atoms with Crippen molar-refractivity contribution < 1.29 is 4.79 Å². The highest BCUT2D eigenvalue weighted by atomic mass is 32.1. The van der Waals surface area contributed by atoms with E-state index >= 15 is 0 Å². The minimum atomic E-state index is -0.0212. The van der Waals surface area contributed by atoms with Crippen molar-refractivity contribution in [3.63, 3.8) is 0 Å². The minimum Gasteiger partial charge on any atom is -0.294 e. The molecule has 2 rings (SSSR count). The molecule has 1 fully saturated rings. The quantitative estimate of drug-likeness (QED) is 0.680. The first-order valence-electron chi connectivity index (χ1n) is 6.91. The summed E-state index contributed by atoms with van der Waals surface area (Å²) in [5, 5.41) is 7.96. The SMILES string of the molecule is O=C(CN1CCCCCCC1)NN=Cc1ccsc1. The van der Waals surface area contributed by atoms with Crippen LogP contribution < -0.4 is 5.43 Å². The Morgan fingerprint density at radius 3 is 2.74 bits per heavy atom. The Morgan fingerprint density at radius 1 is 1.32 bits per heavy atom. The van der Waals surface area contributed by atoms with E-state index in [4.69, 9.17) is 0 Å². The van der Waals surface area contributed by atoms with Crippen LogP contribution in [0.15, 0.2) is 21.9 Å². The molecule has 1 aromatic heterocycles. The van der Waals surface area contributed by atoms with Gasteiger partial charge in [0, 0.05) is 5.56 Å². The standard InChI is InChI=1S/C14H21N3OS/c18-14(16-15-10-13-6-9-19-12-13)11-17-7-4-2-1-3-5-8-17/h6,9-10,12H,1-5,7-8,11H2,(H,16,18). The number of carbonyl (C=O) groups excluding carboxylic acids is 1. The van der Waals surface area contributed by atoms with Crippen molar-refractivity contribution in [3.05, 3.63) is 22.4 Å². The van der Waals surface area contributed by atoms with Gasteiger partial charge in [-0.2, -0.15) is 16.4 Å². The first-order chi connectivity index (χ1) is 9.34. The zero-order valence-corrected chi connectivity index (χ0v) is 12.0. The van der Waals surface area contributed by atoms with E-state index in [0.29, 0.717) is 6.54 Å². The van der Waals surface area contributed by atoms with Crippen LogP contribution in [-0.2, 0) is 4.79 Å². The number of amides is 1. The van der Waals surface area contributed by atoms with Gasteiger partial charge in [0.25, 0.3) is 5.91 Å². The summed E-state index contributed by atoms with van der Waals surface area (Å²) in [6.07, 6.45) is 7.99. The van der Waals surface area contributed by atoms with Crippen molar-refractivity contribution >= 4 is 23.5 Å². The van der Waals surface area contributed by atoms with Crippen LogP contribution in [-0.4, -0.2) is 36.7 Å². The van der Waals surface area contributed by atoms with Crippen LogP contribution >= 0.6 is 11.3 Å². The van der Waals surface area contributed by atoms with E-state index in [1.54, 1.807) is 17.6 Å². The zero-order valence-electron chi connectivity index (χ0n) is 11.2. The van der Waals surface area contributed by atoms with Gasteiger partial charge in [-0.05, 0) is 42.8 Å². The van der Waals surface area contributed by atoms with Crippen molar-refractivity contribution in [1.82, 2.24) is 10.3 Å². The van der Waals surface area contributed by atoms with Crippen LogP contribution in [0.2, 0.25) is 0 Å². The van der Waals surface area contributed by atoms with Crippen molar-refractivity contribution in [2.75, 3.05) is 19.6 Å². The second-order valence-corrected chi connectivity index (χ2v) is 5.67. The molecule has 1 aromatic rings. The Labute approximate surface area is 118 Å². The van der Waals surface area contributed by atoms with Gasteiger partial charge in [-0.3, -0.25) is 9.69 Å².